The number of benzene rings is 2. The third-order valence-electron chi connectivity index (χ3n) is 3.70. The average Bonchev–Trinajstić information content (AvgIpc) is 2.85. The van der Waals surface area contributed by atoms with Gasteiger partial charge in [-0.25, -0.2) is 0 Å². The summed E-state index contributed by atoms with van der Waals surface area (Å²) < 4.78 is 7.35. The Morgan fingerprint density at radius 1 is 1.15 bits per heavy atom. The van der Waals surface area contributed by atoms with E-state index in [4.69, 9.17) is 4.74 Å². The zero-order valence-electron chi connectivity index (χ0n) is 11.1. The summed E-state index contributed by atoms with van der Waals surface area (Å²) in [6.07, 6.45) is 2.27. The fraction of sp³-hybridized carbons (Fsp3) is 0.250. The SMILES string of the molecule is COc1cc(NC2CCc3ccccc32)c(Br)cc1Br. The van der Waals surface area contributed by atoms with E-state index >= 15 is 0 Å². The summed E-state index contributed by atoms with van der Waals surface area (Å²) in [4.78, 5) is 0. The van der Waals surface area contributed by atoms with Crippen LogP contribution >= 0.6 is 31.9 Å². The Morgan fingerprint density at radius 3 is 2.75 bits per heavy atom. The third kappa shape index (κ3) is 2.59. The number of nitrogens with one attached hydrogen (secondary N) is 1. The number of halogens is 2. The fourth-order valence-corrected chi connectivity index (χ4v) is 3.96. The van der Waals surface area contributed by atoms with Crippen LogP contribution in [0.3, 0.4) is 0 Å². The van der Waals surface area contributed by atoms with Crippen molar-refractivity contribution in [1.82, 2.24) is 0 Å². The molecular weight excluding hydrogens is 382 g/mol. The van der Waals surface area contributed by atoms with Crippen molar-refractivity contribution in [3.8, 4) is 5.75 Å². The number of fused-ring (bicyclic) bond motifs is 1. The minimum atomic E-state index is 0.369. The molecule has 0 amide bonds. The molecular formula is C16H15Br2NO. The van der Waals surface area contributed by atoms with E-state index < -0.39 is 0 Å². The lowest BCUT2D eigenvalue weighted by Gasteiger charge is -2.18. The molecule has 3 rings (SSSR count). The zero-order chi connectivity index (χ0) is 14.1. The Kier molecular flexibility index (Phi) is 4.03. The standard InChI is InChI=1S/C16H15Br2NO/c1-20-16-9-15(12(17)8-13(16)18)19-14-7-6-10-4-2-3-5-11(10)14/h2-5,8-9,14,19H,6-7H2,1H3. The summed E-state index contributed by atoms with van der Waals surface area (Å²) in [6.45, 7) is 0. The second kappa shape index (κ2) is 5.78. The molecule has 0 saturated carbocycles. The summed E-state index contributed by atoms with van der Waals surface area (Å²) in [5, 5.41) is 3.62. The van der Waals surface area contributed by atoms with Crippen LogP contribution in [0.2, 0.25) is 0 Å². The molecule has 104 valence electrons. The smallest absolute Gasteiger partial charge is 0.135 e. The van der Waals surface area contributed by atoms with Crippen LogP contribution in [0.4, 0.5) is 5.69 Å². The first-order chi connectivity index (χ1) is 9.69. The van der Waals surface area contributed by atoms with Gasteiger partial charge in [0.25, 0.3) is 0 Å². The monoisotopic (exact) mass is 395 g/mol. The van der Waals surface area contributed by atoms with Crippen LogP contribution in [0.1, 0.15) is 23.6 Å². The van der Waals surface area contributed by atoms with E-state index in [-0.39, 0.29) is 0 Å². The van der Waals surface area contributed by atoms with Crippen molar-refractivity contribution >= 4 is 37.5 Å². The molecule has 1 atom stereocenters. The largest absolute Gasteiger partial charge is 0.495 e. The summed E-state index contributed by atoms with van der Waals surface area (Å²) in [5.74, 6) is 0.835. The van der Waals surface area contributed by atoms with Crippen LogP contribution in [0, 0.1) is 0 Å². The highest BCUT2D eigenvalue weighted by Crippen LogP contribution is 2.39. The van der Waals surface area contributed by atoms with Crippen LogP contribution in [0.5, 0.6) is 5.75 Å². The van der Waals surface area contributed by atoms with Crippen molar-refractivity contribution in [1.29, 1.82) is 0 Å². The van der Waals surface area contributed by atoms with E-state index in [2.05, 4.69) is 61.4 Å². The molecule has 1 aliphatic rings. The topological polar surface area (TPSA) is 21.3 Å². The molecule has 0 saturated heterocycles. The second-order valence-electron chi connectivity index (χ2n) is 4.90. The van der Waals surface area contributed by atoms with Crippen molar-refractivity contribution < 1.29 is 4.74 Å². The number of ether oxygens (including phenoxy) is 1. The molecule has 1 aliphatic carbocycles. The first-order valence-electron chi connectivity index (χ1n) is 6.56. The lowest BCUT2D eigenvalue weighted by molar-refractivity contribution is 0.412. The summed E-state index contributed by atoms with van der Waals surface area (Å²) in [7, 11) is 1.68. The quantitative estimate of drug-likeness (QED) is 0.757. The Bertz CT molecular complexity index is 642. The number of hydrogen-bond acceptors (Lipinski definition) is 2. The highest BCUT2D eigenvalue weighted by Gasteiger charge is 2.22. The molecule has 0 bridgehead atoms. The predicted octanol–water partition coefficient (Wildman–Crippen LogP) is 5.32. The second-order valence-corrected chi connectivity index (χ2v) is 6.61. The Hall–Kier alpha value is -1.000. The number of rotatable bonds is 3. The maximum absolute atomic E-state index is 5.37. The molecule has 20 heavy (non-hydrogen) atoms. The van der Waals surface area contributed by atoms with Crippen molar-refractivity contribution in [2.45, 2.75) is 18.9 Å². The van der Waals surface area contributed by atoms with Crippen LogP contribution in [0.25, 0.3) is 0 Å². The third-order valence-corrected chi connectivity index (χ3v) is 4.98. The molecule has 2 nitrogen and oxygen atoms in total. The first kappa shape index (κ1) is 14.0. The maximum Gasteiger partial charge on any atom is 0.135 e. The number of anilines is 1. The maximum atomic E-state index is 5.37. The van der Waals surface area contributed by atoms with Gasteiger partial charge in [0, 0.05) is 10.5 Å². The van der Waals surface area contributed by atoms with Crippen molar-refractivity contribution in [2.24, 2.45) is 0 Å². The van der Waals surface area contributed by atoms with E-state index in [9.17, 15) is 0 Å². The molecule has 4 heteroatoms. The van der Waals surface area contributed by atoms with E-state index in [1.165, 1.54) is 11.1 Å². The minimum absolute atomic E-state index is 0.369. The zero-order valence-corrected chi connectivity index (χ0v) is 14.3. The molecule has 0 heterocycles. The Labute approximate surface area is 135 Å². The van der Waals surface area contributed by atoms with Crippen LogP contribution in [-0.4, -0.2) is 7.11 Å². The molecule has 0 aliphatic heterocycles. The first-order valence-corrected chi connectivity index (χ1v) is 8.15. The average molecular weight is 397 g/mol. The van der Waals surface area contributed by atoms with Crippen molar-refractivity contribution in [3.05, 3.63) is 56.5 Å². The van der Waals surface area contributed by atoms with Crippen LogP contribution in [-0.2, 0) is 6.42 Å². The van der Waals surface area contributed by atoms with Gasteiger partial charge in [-0.2, -0.15) is 0 Å². The van der Waals surface area contributed by atoms with E-state index in [1.54, 1.807) is 7.11 Å². The molecule has 0 fully saturated rings. The van der Waals surface area contributed by atoms with Gasteiger partial charge >= 0.3 is 0 Å². The van der Waals surface area contributed by atoms with Crippen molar-refractivity contribution in [3.63, 3.8) is 0 Å². The Balaban J connectivity index is 1.89. The Morgan fingerprint density at radius 2 is 1.95 bits per heavy atom. The van der Waals surface area contributed by atoms with Gasteiger partial charge in [0.1, 0.15) is 5.75 Å². The highest BCUT2D eigenvalue weighted by molar-refractivity contribution is 9.11. The van der Waals surface area contributed by atoms with Gasteiger partial charge in [0.2, 0.25) is 0 Å². The van der Waals surface area contributed by atoms with Crippen LogP contribution in [0.15, 0.2) is 45.3 Å². The normalized spacial score (nSPS) is 16.9. The van der Waals surface area contributed by atoms with Crippen molar-refractivity contribution in [2.75, 3.05) is 12.4 Å². The molecule has 2 aromatic rings. The van der Waals surface area contributed by atoms with Gasteiger partial charge in [-0.1, -0.05) is 24.3 Å². The number of aryl methyl sites for hydroxylation is 1. The molecule has 0 radical (unpaired) electrons. The van der Waals surface area contributed by atoms with Gasteiger partial charge in [0.15, 0.2) is 0 Å². The van der Waals surface area contributed by atoms with Gasteiger partial charge in [0.05, 0.1) is 23.3 Å². The predicted molar refractivity (Wildman–Crippen MR) is 89.5 cm³/mol. The molecule has 0 spiro atoms. The molecule has 0 aromatic heterocycles. The molecule has 1 unspecified atom stereocenters. The highest BCUT2D eigenvalue weighted by atomic mass is 79.9. The summed E-state index contributed by atoms with van der Waals surface area (Å²) >= 11 is 7.11. The van der Waals surface area contributed by atoms with E-state index in [0.29, 0.717) is 6.04 Å². The van der Waals surface area contributed by atoms with E-state index in [0.717, 1.165) is 33.2 Å². The molecule has 2 aromatic carbocycles. The van der Waals surface area contributed by atoms with Gasteiger partial charge < -0.3 is 10.1 Å². The van der Waals surface area contributed by atoms with Gasteiger partial charge in [-0.15, -0.1) is 0 Å². The lowest BCUT2D eigenvalue weighted by atomic mass is 10.1. The van der Waals surface area contributed by atoms with Gasteiger partial charge in [-0.3, -0.25) is 0 Å². The number of hydrogen-bond donors (Lipinski definition) is 1. The number of methoxy groups -OCH3 is 1. The summed E-state index contributed by atoms with van der Waals surface area (Å²) in [5.41, 5.74) is 3.92. The lowest BCUT2D eigenvalue weighted by Crippen LogP contribution is -2.07. The van der Waals surface area contributed by atoms with E-state index in [1.807, 2.05) is 12.1 Å². The minimum Gasteiger partial charge on any atom is -0.495 e. The molecule has 1 N–H and O–H groups in total. The fourth-order valence-electron chi connectivity index (χ4n) is 2.69. The van der Waals surface area contributed by atoms with Crippen LogP contribution < -0.4 is 10.1 Å². The summed E-state index contributed by atoms with van der Waals surface area (Å²) in [6, 6.07) is 13.1. The van der Waals surface area contributed by atoms with Gasteiger partial charge in [-0.05, 0) is 61.9 Å².